The minimum atomic E-state index is -0.355. The molecule has 10 heteroatoms. The van der Waals surface area contributed by atoms with Gasteiger partial charge in [0.2, 0.25) is 17.1 Å². The Balaban J connectivity index is 1.73. The molecule has 0 saturated heterocycles. The molecule has 1 aromatic carbocycles. The van der Waals surface area contributed by atoms with Gasteiger partial charge in [0.05, 0.1) is 11.3 Å². The lowest BCUT2D eigenvalue weighted by Gasteiger charge is -2.10. The standard InChI is InChI=1S/C14H15FN8S/c1-23(2)13-18-10(17-12(16)20-13)7-24-14-19-11(21-22-14)8-5-3-4-6-9(8)15/h3-6H,7H2,1-2H3,(H,19,21,22)(H2,16,17,18,20). The quantitative estimate of drug-likeness (QED) is 0.672. The number of aromatic amines is 1. The van der Waals surface area contributed by atoms with Gasteiger partial charge in [0.25, 0.3) is 0 Å². The summed E-state index contributed by atoms with van der Waals surface area (Å²) >= 11 is 1.32. The highest BCUT2D eigenvalue weighted by Gasteiger charge is 2.12. The van der Waals surface area contributed by atoms with E-state index in [1.54, 1.807) is 23.1 Å². The molecule has 3 aromatic rings. The zero-order valence-electron chi connectivity index (χ0n) is 13.1. The monoisotopic (exact) mass is 346 g/mol. The minimum absolute atomic E-state index is 0.159. The van der Waals surface area contributed by atoms with Gasteiger partial charge in [0.1, 0.15) is 11.6 Å². The molecular formula is C14H15FN8S. The molecule has 0 atom stereocenters. The van der Waals surface area contributed by atoms with Gasteiger partial charge >= 0.3 is 0 Å². The van der Waals surface area contributed by atoms with Gasteiger partial charge in [0.15, 0.2) is 5.82 Å². The normalized spacial score (nSPS) is 10.8. The summed E-state index contributed by atoms with van der Waals surface area (Å²) < 4.78 is 13.8. The summed E-state index contributed by atoms with van der Waals surface area (Å²) in [6.45, 7) is 0. The third-order valence-electron chi connectivity index (χ3n) is 3.01. The Hall–Kier alpha value is -2.75. The Labute approximate surface area is 141 Å². The van der Waals surface area contributed by atoms with Crippen molar-refractivity contribution in [2.45, 2.75) is 10.9 Å². The van der Waals surface area contributed by atoms with Gasteiger partial charge in [-0.1, -0.05) is 23.9 Å². The predicted molar refractivity (Wildman–Crippen MR) is 89.9 cm³/mol. The molecule has 0 unspecified atom stereocenters. The van der Waals surface area contributed by atoms with E-state index in [0.717, 1.165) is 0 Å². The summed E-state index contributed by atoms with van der Waals surface area (Å²) in [4.78, 5) is 18.5. The SMILES string of the molecule is CN(C)c1nc(N)nc(CSc2n[nH]c(-c3ccccc3F)n2)n1. The van der Waals surface area contributed by atoms with Crippen molar-refractivity contribution >= 4 is 23.7 Å². The van der Waals surface area contributed by atoms with Gasteiger partial charge < -0.3 is 10.6 Å². The highest BCUT2D eigenvalue weighted by Crippen LogP contribution is 2.23. The maximum atomic E-state index is 13.8. The molecule has 0 aliphatic carbocycles. The maximum Gasteiger partial charge on any atom is 0.229 e. The van der Waals surface area contributed by atoms with Gasteiger partial charge in [-0.25, -0.2) is 9.37 Å². The van der Waals surface area contributed by atoms with Crippen molar-refractivity contribution in [2.24, 2.45) is 0 Å². The summed E-state index contributed by atoms with van der Waals surface area (Å²) in [5.41, 5.74) is 6.06. The first-order chi connectivity index (χ1) is 11.5. The van der Waals surface area contributed by atoms with Gasteiger partial charge in [0, 0.05) is 14.1 Å². The average Bonchev–Trinajstić information content (AvgIpc) is 3.01. The first-order valence-corrected chi connectivity index (χ1v) is 7.99. The third kappa shape index (κ3) is 3.59. The van der Waals surface area contributed by atoms with Crippen LogP contribution in [0, 0.1) is 5.82 Å². The highest BCUT2D eigenvalue weighted by atomic mass is 32.2. The Morgan fingerprint density at radius 2 is 1.96 bits per heavy atom. The van der Waals surface area contributed by atoms with Crippen LogP contribution < -0.4 is 10.6 Å². The minimum Gasteiger partial charge on any atom is -0.368 e. The van der Waals surface area contributed by atoms with E-state index in [9.17, 15) is 4.39 Å². The fourth-order valence-electron chi connectivity index (χ4n) is 1.90. The summed E-state index contributed by atoms with van der Waals surface area (Å²) in [7, 11) is 3.64. The molecule has 24 heavy (non-hydrogen) atoms. The summed E-state index contributed by atoms with van der Waals surface area (Å²) in [6.07, 6.45) is 0. The number of thioether (sulfide) groups is 1. The van der Waals surface area contributed by atoms with E-state index in [1.165, 1.54) is 17.8 Å². The second-order valence-corrected chi connectivity index (χ2v) is 5.98. The number of aromatic nitrogens is 6. The molecule has 3 rings (SSSR count). The van der Waals surface area contributed by atoms with Crippen LogP contribution >= 0.6 is 11.8 Å². The van der Waals surface area contributed by atoms with Crippen molar-refractivity contribution in [1.82, 2.24) is 30.1 Å². The lowest BCUT2D eigenvalue weighted by Crippen LogP contribution is -2.15. The number of nitrogen functional groups attached to an aromatic ring is 1. The number of nitrogens with one attached hydrogen (secondary N) is 1. The summed E-state index contributed by atoms with van der Waals surface area (Å²) in [5.74, 6) is 1.60. The predicted octanol–water partition coefficient (Wildman–Crippen LogP) is 1.74. The van der Waals surface area contributed by atoms with Crippen LogP contribution in [0.4, 0.5) is 16.3 Å². The molecule has 3 N–H and O–H groups in total. The molecule has 0 bridgehead atoms. The second kappa shape index (κ2) is 6.79. The van der Waals surface area contributed by atoms with E-state index >= 15 is 0 Å². The largest absolute Gasteiger partial charge is 0.368 e. The van der Waals surface area contributed by atoms with E-state index in [4.69, 9.17) is 5.73 Å². The van der Waals surface area contributed by atoms with Gasteiger partial charge in [-0.15, -0.1) is 5.10 Å². The lowest BCUT2D eigenvalue weighted by molar-refractivity contribution is 0.630. The van der Waals surface area contributed by atoms with E-state index in [2.05, 4.69) is 30.1 Å². The van der Waals surface area contributed by atoms with Crippen molar-refractivity contribution in [3.05, 3.63) is 35.9 Å². The number of H-pyrrole nitrogens is 1. The molecule has 124 valence electrons. The number of anilines is 2. The molecule has 0 radical (unpaired) electrons. The zero-order valence-corrected chi connectivity index (χ0v) is 13.9. The number of halogens is 1. The molecule has 0 fully saturated rings. The Bertz CT molecular complexity index is 850. The first-order valence-electron chi connectivity index (χ1n) is 7.01. The summed E-state index contributed by atoms with van der Waals surface area (Å²) in [5, 5.41) is 7.28. The van der Waals surface area contributed by atoms with Crippen LogP contribution in [0.15, 0.2) is 29.4 Å². The number of benzene rings is 1. The van der Waals surface area contributed by atoms with Crippen molar-refractivity contribution in [3.8, 4) is 11.4 Å². The van der Waals surface area contributed by atoms with Crippen LogP contribution in [0.5, 0.6) is 0 Å². The maximum absolute atomic E-state index is 13.8. The number of nitrogens with two attached hydrogens (primary N) is 1. The molecule has 0 aliphatic rings. The lowest BCUT2D eigenvalue weighted by atomic mass is 10.2. The van der Waals surface area contributed by atoms with Crippen LogP contribution in [0.25, 0.3) is 11.4 Å². The van der Waals surface area contributed by atoms with Crippen molar-refractivity contribution < 1.29 is 4.39 Å². The molecular weight excluding hydrogens is 331 g/mol. The number of rotatable bonds is 5. The molecule has 8 nitrogen and oxygen atoms in total. The van der Waals surface area contributed by atoms with Crippen LogP contribution in [-0.4, -0.2) is 44.2 Å². The second-order valence-electron chi connectivity index (χ2n) is 5.04. The van der Waals surface area contributed by atoms with Gasteiger partial charge in [-0.3, -0.25) is 5.10 Å². The fourth-order valence-corrected chi connectivity index (χ4v) is 2.56. The first kappa shape index (κ1) is 16.1. The number of hydrogen-bond donors (Lipinski definition) is 2. The van der Waals surface area contributed by atoms with Gasteiger partial charge in [-0.2, -0.15) is 15.0 Å². The number of nitrogens with zero attached hydrogens (tertiary/aromatic N) is 6. The molecule has 0 amide bonds. The Morgan fingerprint density at radius 1 is 1.17 bits per heavy atom. The highest BCUT2D eigenvalue weighted by molar-refractivity contribution is 7.98. The number of hydrogen-bond acceptors (Lipinski definition) is 8. The smallest absolute Gasteiger partial charge is 0.229 e. The van der Waals surface area contributed by atoms with E-state index < -0.39 is 0 Å². The van der Waals surface area contributed by atoms with Crippen LogP contribution in [0.2, 0.25) is 0 Å². The summed E-state index contributed by atoms with van der Waals surface area (Å²) in [6, 6.07) is 6.38. The average molecular weight is 346 g/mol. The van der Waals surface area contributed by atoms with Crippen LogP contribution in [0.1, 0.15) is 5.82 Å². The van der Waals surface area contributed by atoms with E-state index in [0.29, 0.717) is 34.1 Å². The van der Waals surface area contributed by atoms with Crippen molar-refractivity contribution in [1.29, 1.82) is 0 Å². The Morgan fingerprint density at radius 3 is 2.71 bits per heavy atom. The van der Waals surface area contributed by atoms with E-state index in [-0.39, 0.29) is 11.8 Å². The van der Waals surface area contributed by atoms with Crippen molar-refractivity contribution in [2.75, 3.05) is 24.7 Å². The fraction of sp³-hybridized carbons (Fsp3) is 0.214. The zero-order chi connectivity index (χ0) is 17.1. The molecule has 2 aromatic heterocycles. The molecule has 0 saturated carbocycles. The topological polar surface area (TPSA) is 110 Å². The van der Waals surface area contributed by atoms with Gasteiger partial charge in [-0.05, 0) is 12.1 Å². The van der Waals surface area contributed by atoms with Crippen LogP contribution in [-0.2, 0) is 5.75 Å². The van der Waals surface area contributed by atoms with Crippen molar-refractivity contribution in [3.63, 3.8) is 0 Å². The van der Waals surface area contributed by atoms with Crippen LogP contribution in [0.3, 0.4) is 0 Å². The Kier molecular flexibility index (Phi) is 4.56. The van der Waals surface area contributed by atoms with E-state index in [1.807, 2.05) is 14.1 Å². The molecule has 0 spiro atoms. The molecule has 0 aliphatic heterocycles. The molecule has 2 heterocycles. The third-order valence-corrected chi connectivity index (χ3v) is 3.85.